The minimum Gasteiger partial charge on any atom is -0.452 e. The Morgan fingerprint density at radius 3 is 2.38 bits per heavy atom. The van der Waals surface area contributed by atoms with E-state index in [9.17, 15) is 14.4 Å². The smallest absolute Gasteiger partial charge is 0.339 e. The second kappa shape index (κ2) is 10.0. The number of amides is 2. The average Bonchev–Trinajstić information content (AvgIpc) is 2.81. The largest absolute Gasteiger partial charge is 0.452 e. The molecule has 0 spiro atoms. The lowest BCUT2D eigenvalue weighted by Gasteiger charge is -2.32. The molecule has 1 aliphatic heterocycles. The summed E-state index contributed by atoms with van der Waals surface area (Å²) in [5.74, 6) is -1.15. The normalized spacial score (nSPS) is 13.4. The third kappa shape index (κ3) is 5.23. The lowest BCUT2D eigenvalue weighted by molar-refractivity contribution is -0.119. The van der Waals surface area contributed by atoms with Gasteiger partial charge in [-0.3, -0.25) is 19.5 Å². The van der Waals surface area contributed by atoms with Gasteiger partial charge >= 0.3 is 5.97 Å². The summed E-state index contributed by atoms with van der Waals surface area (Å²) in [5, 5.41) is 6.09. The Balaban J connectivity index is 1.50. The maximum atomic E-state index is 13.2. The fourth-order valence-electron chi connectivity index (χ4n) is 4.13. The molecule has 1 aromatic heterocycles. The van der Waals surface area contributed by atoms with Gasteiger partial charge in [0, 0.05) is 60.5 Å². The molecule has 0 aliphatic carbocycles. The van der Waals surface area contributed by atoms with Gasteiger partial charge in [0.1, 0.15) is 0 Å². The van der Waals surface area contributed by atoms with E-state index in [0.29, 0.717) is 29.5 Å². The highest BCUT2D eigenvalue weighted by atomic mass is 16.5. The molecule has 2 heterocycles. The Labute approximate surface area is 198 Å². The number of carbonyl (C=O) groups is 3. The van der Waals surface area contributed by atoms with Crippen molar-refractivity contribution in [1.82, 2.24) is 9.88 Å². The van der Waals surface area contributed by atoms with Crippen LogP contribution >= 0.6 is 0 Å². The fraction of sp³-hybridized carbons (Fsp3) is 0.308. The third-order valence-corrected chi connectivity index (χ3v) is 5.83. The van der Waals surface area contributed by atoms with Gasteiger partial charge in [-0.2, -0.15) is 0 Å². The second-order valence-corrected chi connectivity index (χ2v) is 8.63. The van der Waals surface area contributed by atoms with Crippen LogP contribution in [0.5, 0.6) is 0 Å². The third-order valence-electron chi connectivity index (χ3n) is 5.83. The number of fused-ring (bicyclic) bond motifs is 2. The van der Waals surface area contributed by atoms with Crippen molar-refractivity contribution in [2.45, 2.75) is 39.8 Å². The first kappa shape index (κ1) is 23.4. The van der Waals surface area contributed by atoms with Crippen LogP contribution < -0.4 is 10.6 Å². The summed E-state index contributed by atoms with van der Waals surface area (Å²) >= 11 is 0. The molecule has 1 aliphatic rings. The molecule has 2 amide bonds. The van der Waals surface area contributed by atoms with Gasteiger partial charge in [0.2, 0.25) is 5.91 Å². The minimum absolute atomic E-state index is 0.175. The lowest BCUT2D eigenvalue weighted by Crippen LogP contribution is -2.37. The Bertz CT molecular complexity index is 1240. The van der Waals surface area contributed by atoms with Crippen LogP contribution in [0.2, 0.25) is 0 Å². The summed E-state index contributed by atoms with van der Waals surface area (Å²) in [6.07, 6.45) is 0.758. The number of aromatic nitrogens is 1. The van der Waals surface area contributed by atoms with E-state index < -0.39 is 18.5 Å². The molecule has 0 radical (unpaired) electrons. The van der Waals surface area contributed by atoms with E-state index >= 15 is 0 Å². The molecule has 0 bridgehead atoms. The highest BCUT2D eigenvalue weighted by Crippen LogP contribution is 2.29. The van der Waals surface area contributed by atoms with Crippen molar-refractivity contribution in [3.05, 3.63) is 65.4 Å². The monoisotopic (exact) mass is 460 g/mol. The predicted octanol–water partition coefficient (Wildman–Crippen LogP) is 3.76. The molecule has 3 aromatic rings. The van der Waals surface area contributed by atoms with Crippen LogP contribution in [0.1, 0.15) is 42.4 Å². The van der Waals surface area contributed by atoms with Gasteiger partial charge in [-0.15, -0.1) is 0 Å². The highest BCUT2D eigenvalue weighted by molar-refractivity contribution is 6.06. The van der Waals surface area contributed by atoms with Crippen molar-refractivity contribution in [1.29, 1.82) is 0 Å². The molecule has 8 nitrogen and oxygen atoms in total. The van der Waals surface area contributed by atoms with E-state index in [-0.39, 0.29) is 5.91 Å². The number of nitrogens with one attached hydrogen (secondary N) is 2. The molecule has 4 rings (SSSR count). The topological polar surface area (TPSA) is 101 Å². The van der Waals surface area contributed by atoms with E-state index in [1.807, 2.05) is 24.3 Å². The zero-order chi connectivity index (χ0) is 24.2. The Hall–Kier alpha value is -3.78. The first-order valence-corrected chi connectivity index (χ1v) is 11.3. The second-order valence-electron chi connectivity index (χ2n) is 8.63. The zero-order valence-corrected chi connectivity index (χ0v) is 19.6. The summed E-state index contributed by atoms with van der Waals surface area (Å²) in [7, 11) is 0. The highest BCUT2D eigenvalue weighted by Gasteiger charge is 2.27. The van der Waals surface area contributed by atoms with E-state index in [1.165, 1.54) is 6.92 Å². The zero-order valence-electron chi connectivity index (χ0n) is 19.6. The van der Waals surface area contributed by atoms with Crippen molar-refractivity contribution < 1.29 is 19.1 Å². The van der Waals surface area contributed by atoms with Crippen LogP contribution in [0.4, 0.5) is 11.4 Å². The Morgan fingerprint density at radius 1 is 1.03 bits per heavy atom. The predicted molar refractivity (Wildman–Crippen MR) is 131 cm³/mol. The molecule has 0 saturated carbocycles. The van der Waals surface area contributed by atoms with E-state index in [2.05, 4.69) is 29.4 Å². The number of carbonyl (C=O) groups excluding carboxylic acids is 3. The molecule has 2 aromatic carbocycles. The number of pyridine rings is 1. The maximum absolute atomic E-state index is 13.2. The summed E-state index contributed by atoms with van der Waals surface area (Å²) < 4.78 is 5.45. The van der Waals surface area contributed by atoms with Gasteiger partial charge in [-0.05, 0) is 44.2 Å². The number of hydrogen-bond donors (Lipinski definition) is 2. The van der Waals surface area contributed by atoms with Crippen molar-refractivity contribution in [2.75, 3.05) is 23.8 Å². The molecular formula is C26H28N4O4. The van der Waals surface area contributed by atoms with Crippen molar-refractivity contribution in [2.24, 2.45) is 0 Å². The van der Waals surface area contributed by atoms with Crippen LogP contribution in [0.3, 0.4) is 0 Å². The van der Waals surface area contributed by atoms with Gasteiger partial charge in [-0.25, -0.2) is 4.79 Å². The number of rotatable bonds is 6. The molecule has 0 unspecified atom stereocenters. The van der Waals surface area contributed by atoms with Gasteiger partial charge < -0.3 is 15.4 Å². The van der Waals surface area contributed by atoms with E-state index in [0.717, 1.165) is 35.1 Å². The lowest BCUT2D eigenvalue weighted by atomic mass is 9.95. The summed E-state index contributed by atoms with van der Waals surface area (Å²) in [6, 6.07) is 14.5. The number of hydrogen-bond acceptors (Lipinski definition) is 6. The molecule has 34 heavy (non-hydrogen) atoms. The number of nitrogens with zero attached hydrogens (tertiary/aromatic N) is 2. The van der Waals surface area contributed by atoms with Crippen molar-refractivity contribution in [3.63, 3.8) is 0 Å². The van der Waals surface area contributed by atoms with Crippen LogP contribution in [0.25, 0.3) is 10.9 Å². The number of para-hydroxylation sites is 1. The SMILES string of the molecule is CC(=O)Nc1ccc(NC(=O)COC(=O)c2c3c(nc4ccccc24)CCN(C(C)C)C3)cc1. The molecule has 8 heteroatoms. The number of anilines is 2. The fourth-order valence-corrected chi connectivity index (χ4v) is 4.13. The molecule has 2 N–H and O–H groups in total. The standard InChI is InChI=1S/C26H28N4O4/c1-16(2)30-13-12-23-21(14-30)25(20-6-4-5-7-22(20)29-23)26(33)34-15-24(32)28-19-10-8-18(9-11-19)27-17(3)31/h4-11,16H,12-15H2,1-3H3,(H,27,31)(H,28,32). The molecule has 0 atom stereocenters. The van der Waals surface area contributed by atoms with E-state index in [1.54, 1.807) is 24.3 Å². The van der Waals surface area contributed by atoms with Crippen LogP contribution in [-0.2, 0) is 27.3 Å². The minimum atomic E-state index is -0.531. The average molecular weight is 461 g/mol. The van der Waals surface area contributed by atoms with Gasteiger partial charge in [0.05, 0.1) is 11.1 Å². The molecule has 176 valence electrons. The van der Waals surface area contributed by atoms with Gasteiger partial charge in [0.15, 0.2) is 6.61 Å². The van der Waals surface area contributed by atoms with Gasteiger partial charge in [-0.1, -0.05) is 18.2 Å². The van der Waals surface area contributed by atoms with Crippen molar-refractivity contribution >= 4 is 40.1 Å². The summed E-state index contributed by atoms with van der Waals surface area (Å²) in [6.45, 7) is 6.77. The summed E-state index contributed by atoms with van der Waals surface area (Å²) in [5.41, 5.74) is 4.17. The molecular weight excluding hydrogens is 432 g/mol. The van der Waals surface area contributed by atoms with Crippen LogP contribution in [0, 0.1) is 0 Å². The number of benzene rings is 2. The van der Waals surface area contributed by atoms with E-state index in [4.69, 9.17) is 9.72 Å². The quantitative estimate of drug-likeness (QED) is 0.544. The number of ether oxygens (including phenoxy) is 1. The number of esters is 1. The molecule has 0 fully saturated rings. The Kier molecular flexibility index (Phi) is 6.88. The van der Waals surface area contributed by atoms with Gasteiger partial charge in [0.25, 0.3) is 5.91 Å². The Morgan fingerprint density at radius 2 is 1.71 bits per heavy atom. The maximum Gasteiger partial charge on any atom is 0.339 e. The first-order valence-electron chi connectivity index (χ1n) is 11.3. The van der Waals surface area contributed by atoms with Crippen molar-refractivity contribution in [3.8, 4) is 0 Å². The summed E-state index contributed by atoms with van der Waals surface area (Å²) in [4.78, 5) is 43.9. The van der Waals surface area contributed by atoms with Crippen LogP contribution in [-0.4, -0.2) is 46.9 Å². The molecule has 0 saturated heterocycles. The first-order chi connectivity index (χ1) is 16.3. The van der Waals surface area contributed by atoms with Crippen LogP contribution in [0.15, 0.2) is 48.5 Å².